The standard InChI is InChI=1S/C15H16BrN3O2/c1-3-21-13-5-4-10(7-12(13)17)15(20)19-11-6-9(2)14(16)18-8-11/h4-8H,3,17H2,1-2H3,(H,19,20). The molecule has 2 rings (SSSR count). The number of nitrogens with one attached hydrogen (secondary N) is 1. The van der Waals surface area contributed by atoms with Crippen LogP contribution in [0, 0.1) is 6.92 Å². The average molecular weight is 350 g/mol. The van der Waals surface area contributed by atoms with E-state index in [0.717, 1.165) is 10.2 Å². The number of pyridine rings is 1. The lowest BCUT2D eigenvalue weighted by Crippen LogP contribution is -2.13. The van der Waals surface area contributed by atoms with Crippen molar-refractivity contribution in [2.75, 3.05) is 17.7 Å². The molecule has 6 heteroatoms. The summed E-state index contributed by atoms with van der Waals surface area (Å²) in [6.07, 6.45) is 1.59. The van der Waals surface area contributed by atoms with Crippen molar-refractivity contribution in [1.82, 2.24) is 4.98 Å². The summed E-state index contributed by atoms with van der Waals surface area (Å²) >= 11 is 3.32. The van der Waals surface area contributed by atoms with Crippen molar-refractivity contribution >= 4 is 33.2 Å². The number of nitrogen functional groups attached to an aromatic ring is 1. The summed E-state index contributed by atoms with van der Waals surface area (Å²) in [5.41, 5.74) is 8.34. The van der Waals surface area contributed by atoms with Crippen LogP contribution in [-0.2, 0) is 0 Å². The van der Waals surface area contributed by atoms with Gasteiger partial charge in [0, 0.05) is 5.56 Å². The number of nitrogens with zero attached hydrogens (tertiary/aromatic N) is 1. The molecule has 0 bridgehead atoms. The van der Waals surface area contributed by atoms with Gasteiger partial charge in [-0.25, -0.2) is 4.98 Å². The van der Waals surface area contributed by atoms with Crippen LogP contribution in [0.5, 0.6) is 5.75 Å². The number of carbonyl (C=O) groups is 1. The quantitative estimate of drug-likeness (QED) is 0.655. The van der Waals surface area contributed by atoms with Gasteiger partial charge in [-0.2, -0.15) is 0 Å². The number of hydrogen-bond donors (Lipinski definition) is 2. The first kappa shape index (κ1) is 15.3. The molecule has 1 heterocycles. The van der Waals surface area contributed by atoms with E-state index in [0.29, 0.717) is 29.3 Å². The topological polar surface area (TPSA) is 77.2 Å². The van der Waals surface area contributed by atoms with Crippen molar-refractivity contribution in [1.29, 1.82) is 0 Å². The van der Waals surface area contributed by atoms with E-state index in [2.05, 4.69) is 26.2 Å². The highest BCUT2D eigenvalue weighted by molar-refractivity contribution is 9.10. The van der Waals surface area contributed by atoms with Gasteiger partial charge in [-0.15, -0.1) is 0 Å². The second-order valence-electron chi connectivity index (χ2n) is 4.47. The van der Waals surface area contributed by atoms with Crippen LogP contribution in [0.15, 0.2) is 35.1 Å². The third-order valence-corrected chi connectivity index (χ3v) is 3.67. The molecule has 0 saturated carbocycles. The zero-order valence-electron chi connectivity index (χ0n) is 11.8. The molecule has 1 amide bonds. The number of amides is 1. The molecule has 1 aromatic carbocycles. The molecule has 3 N–H and O–H groups in total. The molecule has 0 radical (unpaired) electrons. The van der Waals surface area contributed by atoms with Crippen LogP contribution in [0.1, 0.15) is 22.8 Å². The first-order valence-corrected chi connectivity index (χ1v) is 7.26. The third-order valence-electron chi connectivity index (χ3n) is 2.84. The van der Waals surface area contributed by atoms with Crippen molar-refractivity contribution in [2.45, 2.75) is 13.8 Å². The highest BCUT2D eigenvalue weighted by Gasteiger charge is 2.10. The van der Waals surface area contributed by atoms with Gasteiger partial charge in [0.1, 0.15) is 10.4 Å². The van der Waals surface area contributed by atoms with Gasteiger partial charge in [0.25, 0.3) is 5.91 Å². The molecule has 1 aromatic heterocycles. The number of ether oxygens (including phenoxy) is 1. The summed E-state index contributed by atoms with van der Waals surface area (Å²) in [5.74, 6) is 0.337. The van der Waals surface area contributed by atoms with E-state index >= 15 is 0 Å². The van der Waals surface area contributed by atoms with E-state index in [1.165, 1.54) is 0 Å². The van der Waals surface area contributed by atoms with Gasteiger partial charge < -0.3 is 15.8 Å². The monoisotopic (exact) mass is 349 g/mol. The predicted octanol–water partition coefficient (Wildman–Crippen LogP) is 3.39. The Hall–Kier alpha value is -2.08. The van der Waals surface area contributed by atoms with E-state index in [1.54, 1.807) is 24.4 Å². The van der Waals surface area contributed by atoms with Gasteiger partial charge in [0.05, 0.1) is 24.2 Å². The summed E-state index contributed by atoms with van der Waals surface area (Å²) in [6.45, 7) is 4.31. The number of anilines is 2. The van der Waals surface area contributed by atoms with Crippen LogP contribution in [0.25, 0.3) is 0 Å². The predicted molar refractivity (Wildman–Crippen MR) is 86.7 cm³/mol. The molecule has 2 aromatic rings. The number of hydrogen-bond acceptors (Lipinski definition) is 4. The Morgan fingerprint density at radius 1 is 1.43 bits per heavy atom. The molecule has 0 unspecified atom stereocenters. The Kier molecular flexibility index (Phi) is 4.80. The molecule has 110 valence electrons. The first-order valence-electron chi connectivity index (χ1n) is 6.47. The first-order chi connectivity index (χ1) is 10.0. The lowest BCUT2D eigenvalue weighted by atomic mass is 10.1. The summed E-state index contributed by atoms with van der Waals surface area (Å²) in [7, 11) is 0. The maximum Gasteiger partial charge on any atom is 0.255 e. The van der Waals surface area contributed by atoms with E-state index < -0.39 is 0 Å². The molecule has 0 fully saturated rings. The number of benzene rings is 1. The molecule has 21 heavy (non-hydrogen) atoms. The molecule has 5 nitrogen and oxygen atoms in total. The lowest BCUT2D eigenvalue weighted by Gasteiger charge is -2.10. The minimum atomic E-state index is -0.242. The summed E-state index contributed by atoms with van der Waals surface area (Å²) in [6, 6.07) is 6.81. The zero-order valence-corrected chi connectivity index (χ0v) is 13.4. The molecular formula is C15H16BrN3O2. The fourth-order valence-electron chi connectivity index (χ4n) is 1.81. The highest BCUT2D eigenvalue weighted by atomic mass is 79.9. The number of aryl methyl sites for hydroxylation is 1. The lowest BCUT2D eigenvalue weighted by molar-refractivity contribution is 0.102. The summed E-state index contributed by atoms with van der Waals surface area (Å²) < 4.78 is 6.10. The third kappa shape index (κ3) is 3.72. The van der Waals surface area contributed by atoms with Crippen molar-refractivity contribution in [3.63, 3.8) is 0 Å². The van der Waals surface area contributed by atoms with Crippen molar-refractivity contribution in [3.05, 3.63) is 46.2 Å². The number of rotatable bonds is 4. The van der Waals surface area contributed by atoms with Gasteiger partial charge in [-0.05, 0) is 59.6 Å². The summed E-state index contributed by atoms with van der Waals surface area (Å²) in [4.78, 5) is 16.3. The van der Waals surface area contributed by atoms with E-state index in [4.69, 9.17) is 10.5 Å². The average Bonchev–Trinajstić information content (AvgIpc) is 2.45. The second kappa shape index (κ2) is 6.58. The molecular weight excluding hydrogens is 334 g/mol. The normalized spacial score (nSPS) is 10.2. The smallest absolute Gasteiger partial charge is 0.255 e. The Bertz CT molecular complexity index is 674. The van der Waals surface area contributed by atoms with Crippen molar-refractivity contribution < 1.29 is 9.53 Å². The maximum atomic E-state index is 12.2. The Labute approximate surface area is 131 Å². The van der Waals surface area contributed by atoms with Crippen molar-refractivity contribution in [3.8, 4) is 5.75 Å². The van der Waals surface area contributed by atoms with Crippen LogP contribution < -0.4 is 15.8 Å². The van der Waals surface area contributed by atoms with E-state index in [-0.39, 0.29) is 5.91 Å². The van der Waals surface area contributed by atoms with Crippen LogP contribution in [-0.4, -0.2) is 17.5 Å². The number of carbonyl (C=O) groups excluding carboxylic acids is 1. The molecule has 0 aliphatic heterocycles. The molecule has 0 spiro atoms. The fraction of sp³-hybridized carbons (Fsp3) is 0.200. The maximum absolute atomic E-state index is 12.2. The zero-order chi connectivity index (χ0) is 15.4. The SMILES string of the molecule is CCOc1ccc(C(=O)Nc2cnc(Br)c(C)c2)cc1N. The van der Waals surface area contributed by atoms with Crippen LogP contribution in [0.2, 0.25) is 0 Å². The Morgan fingerprint density at radius 3 is 2.81 bits per heavy atom. The van der Waals surface area contributed by atoms with Gasteiger partial charge >= 0.3 is 0 Å². The Balaban J connectivity index is 2.16. The molecule has 0 saturated heterocycles. The minimum Gasteiger partial charge on any atom is -0.492 e. The number of nitrogens with two attached hydrogens (primary N) is 1. The van der Waals surface area contributed by atoms with E-state index in [9.17, 15) is 4.79 Å². The van der Waals surface area contributed by atoms with Gasteiger partial charge in [0.15, 0.2) is 0 Å². The number of halogens is 1. The van der Waals surface area contributed by atoms with Gasteiger partial charge in [-0.1, -0.05) is 0 Å². The summed E-state index contributed by atoms with van der Waals surface area (Å²) in [5, 5.41) is 2.79. The fourth-order valence-corrected chi connectivity index (χ4v) is 2.02. The molecule has 0 atom stereocenters. The van der Waals surface area contributed by atoms with Crippen LogP contribution in [0.4, 0.5) is 11.4 Å². The van der Waals surface area contributed by atoms with Gasteiger partial charge in [0.2, 0.25) is 0 Å². The second-order valence-corrected chi connectivity index (χ2v) is 5.22. The minimum absolute atomic E-state index is 0.242. The van der Waals surface area contributed by atoms with Crippen molar-refractivity contribution in [2.24, 2.45) is 0 Å². The van der Waals surface area contributed by atoms with E-state index in [1.807, 2.05) is 19.9 Å². The van der Waals surface area contributed by atoms with Crippen LogP contribution in [0.3, 0.4) is 0 Å². The van der Waals surface area contributed by atoms with Gasteiger partial charge in [-0.3, -0.25) is 4.79 Å². The highest BCUT2D eigenvalue weighted by Crippen LogP contribution is 2.23. The van der Waals surface area contributed by atoms with Crippen LogP contribution >= 0.6 is 15.9 Å². The molecule has 0 aliphatic rings. The molecule has 0 aliphatic carbocycles. The number of aromatic nitrogens is 1. The Morgan fingerprint density at radius 2 is 2.19 bits per heavy atom. The largest absolute Gasteiger partial charge is 0.492 e.